The number of hydrogen-bond donors (Lipinski definition) is 2. The average molecular weight is 340 g/mol. The first-order valence-electron chi connectivity index (χ1n) is 8.90. The van der Waals surface area contributed by atoms with E-state index in [-0.39, 0.29) is 17.8 Å². The van der Waals surface area contributed by atoms with Gasteiger partial charge in [-0.15, -0.1) is 0 Å². The zero-order valence-corrected chi connectivity index (χ0v) is 14.8. The van der Waals surface area contributed by atoms with Crippen molar-refractivity contribution in [3.63, 3.8) is 0 Å². The number of halogens is 1. The van der Waals surface area contributed by atoms with Crippen LogP contribution in [-0.2, 0) is 11.2 Å². The van der Waals surface area contributed by atoms with Crippen molar-refractivity contribution >= 4 is 5.91 Å². The van der Waals surface area contributed by atoms with Crippen molar-refractivity contribution in [2.45, 2.75) is 44.7 Å². The lowest BCUT2D eigenvalue weighted by Gasteiger charge is -2.29. The molecule has 25 heavy (non-hydrogen) atoms. The Kier molecular flexibility index (Phi) is 5.19. The molecule has 2 aromatic carbocycles. The molecule has 0 saturated carbocycles. The Morgan fingerprint density at radius 2 is 1.92 bits per heavy atom. The highest BCUT2D eigenvalue weighted by atomic mass is 19.1. The third-order valence-corrected chi connectivity index (χ3v) is 4.74. The highest BCUT2D eigenvalue weighted by Gasteiger charge is 2.40. The van der Waals surface area contributed by atoms with Crippen molar-refractivity contribution < 1.29 is 9.18 Å². The maximum atomic E-state index is 13.9. The average Bonchev–Trinajstić information content (AvgIpc) is 3.05. The van der Waals surface area contributed by atoms with Gasteiger partial charge in [-0.3, -0.25) is 4.79 Å². The van der Waals surface area contributed by atoms with Gasteiger partial charge in [-0.1, -0.05) is 42.5 Å². The summed E-state index contributed by atoms with van der Waals surface area (Å²) in [6.07, 6.45) is 2.47. The van der Waals surface area contributed by atoms with Gasteiger partial charge in [0.1, 0.15) is 11.4 Å². The van der Waals surface area contributed by atoms with Crippen LogP contribution < -0.4 is 10.6 Å². The fourth-order valence-electron chi connectivity index (χ4n) is 3.48. The van der Waals surface area contributed by atoms with Crippen molar-refractivity contribution in [3.8, 4) is 11.1 Å². The maximum absolute atomic E-state index is 13.9. The first kappa shape index (κ1) is 17.6. The number of hydrogen-bond acceptors (Lipinski definition) is 2. The summed E-state index contributed by atoms with van der Waals surface area (Å²) in [5, 5.41) is 6.45. The molecule has 0 aromatic heterocycles. The second-order valence-corrected chi connectivity index (χ2v) is 7.09. The van der Waals surface area contributed by atoms with E-state index in [4.69, 9.17) is 0 Å². The number of rotatable bonds is 5. The number of benzene rings is 2. The predicted octanol–water partition coefficient (Wildman–Crippen LogP) is 3.68. The number of carbonyl (C=O) groups is 1. The molecule has 1 aliphatic rings. The highest BCUT2D eigenvalue weighted by molar-refractivity contribution is 5.87. The summed E-state index contributed by atoms with van der Waals surface area (Å²) in [6.45, 7) is 4.81. The lowest BCUT2D eigenvalue weighted by molar-refractivity contribution is -0.127. The predicted molar refractivity (Wildman–Crippen MR) is 98.8 cm³/mol. The van der Waals surface area contributed by atoms with Crippen molar-refractivity contribution in [3.05, 3.63) is 59.9 Å². The molecule has 0 aliphatic carbocycles. The normalized spacial score (nSPS) is 20.0. The Morgan fingerprint density at radius 3 is 2.52 bits per heavy atom. The van der Waals surface area contributed by atoms with Gasteiger partial charge in [-0.25, -0.2) is 4.39 Å². The number of nitrogens with one attached hydrogen (secondary N) is 2. The van der Waals surface area contributed by atoms with Gasteiger partial charge in [0.25, 0.3) is 0 Å². The summed E-state index contributed by atoms with van der Waals surface area (Å²) in [7, 11) is 0. The van der Waals surface area contributed by atoms with Crippen molar-refractivity contribution in [1.29, 1.82) is 0 Å². The van der Waals surface area contributed by atoms with Crippen LogP contribution in [0.25, 0.3) is 11.1 Å². The summed E-state index contributed by atoms with van der Waals surface area (Å²) in [5.74, 6) is -0.154. The summed E-state index contributed by atoms with van der Waals surface area (Å²) in [5.41, 5.74) is 1.99. The second-order valence-electron chi connectivity index (χ2n) is 7.09. The van der Waals surface area contributed by atoms with Crippen LogP contribution in [0.2, 0.25) is 0 Å². The van der Waals surface area contributed by atoms with E-state index in [0.29, 0.717) is 12.0 Å². The molecule has 1 atom stereocenters. The second kappa shape index (κ2) is 7.36. The molecule has 0 spiro atoms. The monoisotopic (exact) mass is 340 g/mol. The van der Waals surface area contributed by atoms with Gasteiger partial charge in [-0.05, 0) is 56.8 Å². The lowest BCUT2D eigenvalue weighted by Crippen LogP contribution is -2.56. The van der Waals surface area contributed by atoms with E-state index in [2.05, 4.69) is 10.6 Å². The van der Waals surface area contributed by atoms with Crippen LogP contribution in [-0.4, -0.2) is 24.0 Å². The van der Waals surface area contributed by atoms with Gasteiger partial charge in [-0.2, -0.15) is 0 Å². The largest absolute Gasteiger partial charge is 0.352 e. The van der Waals surface area contributed by atoms with Crippen LogP contribution >= 0.6 is 0 Å². The van der Waals surface area contributed by atoms with E-state index in [1.165, 1.54) is 6.07 Å². The Morgan fingerprint density at radius 1 is 1.20 bits per heavy atom. The SMILES string of the molecule is CC(C)NC(=O)C1(Cc2ccc(-c3ccccc3F)cc2)CCCN1. The summed E-state index contributed by atoms with van der Waals surface area (Å²) in [4.78, 5) is 12.7. The summed E-state index contributed by atoms with van der Waals surface area (Å²) < 4.78 is 13.9. The van der Waals surface area contributed by atoms with Crippen molar-refractivity contribution in [2.24, 2.45) is 0 Å². The van der Waals surface area contributed by atoms with E-state index in [1.54, 1.807) is 12.1 Å². The van der Waals surface area contributed by atoms with Crippen LogP contribution in [0.15, 0.2) is 48.5 Å². The Hall–Kier alpha value is -2.20. The topological polar surface area (TPSA) is 41.1 Å². The molecule has 3 nitrogen and oxygen atoms in total. The zero-order chi connectivity index (χ0) is 17.9. The molecule has 4 heteroatoms. The molecule has 3 rings (SSSR count). The highest BCUT2D eigenvalue weighted by Crippen LogP contribution is 2.27. The van der Waals surface area contributed by atoms with Gasteiger partial charge < -0.3 is 10.6 Å². The van der Waals surface area contributed by atoms with Crippen LogP contribution in [0.4, 0.5) is 4.39 Å². The Labute approximate surface area is 148 Å². The minimum absolute atomic E-state index is 0.0678. The molecule has 1 saturated heterocycles. The van der Waals surface area contributed by atoms with Crippen LogP contribution in [0.1, 0.15) is 32.3 Å². The molecule has 1 aliphatic heterocycles. The van der Waals surface area contributed by atoms with E-state index >= 15 is 0 Å². The molecule has 1 amide bonds. The van der Waals surface area contributed by atoms with Crippen LogP contribution in [0.3, 0.4) is 0 Å². The molecule has 1 unspecified atom stereocenters. The fraction of sp³-hybridized carbons (Fsp3) is 0.381. The maximum Gasteiger partial charge on any atom is 0.240 e. The molecular formula is C21H25FN2O. The molecule has 1 fully saturated rings. The van der Waals surface area contributed by atoms with Crippen LogP contribution in [0, 0.1) is 5.82 Å². The first-order chi connectivity index (χ1) is 12.0. The zero-order valence-electron chi connectivity index (χ0n) is 14.8. The molecule has 1 heterocycles. The minimum Gasteiger partial charge on any atom is -0.352 e. The number of amides is 1. The standard InChI is InChI=1S/C21H25FN2O/c1-15(2)24-20(25)21(12-5-13-23-21)14-16-8-10-17(11-9-16)18-6-3-4-7-19(18)22/h3-4,6-11,15,23H,5,12-14H2,1-2H3,(H,24,25). The molecular weight excluding hydrogens is 315 g/mol. The molecule has 2 aromatic rings. The molecule has 2 N–H and O–H groups in total. The number of carbonyl (C=O) groups excluding carboxylic acids is 1. The molecule has 0 bridgehead atoms. The van der Waals surface area contributed by atoms with Gasteiger partial charge in [0, 0.05) is 11.6 Å². The Balaban J connectivity index is 1.80. The van der Waals surface area contributed by atoms with Gasteiger partial charge in [0.2, 0.25) is 5.91 Å². The Bertz CT molecular complexity index is 734. The van der Waals surface area contributed by atoms with Crippen molar-refractivity contribution in [2.75, 3.05) is 6.54 Å². The van der Waals surface area contributed by atoms with E-state index in [1.807, 2.05) is 44.2 Å². The van der Waals surface area contributed by atoms with E-state index in [9.17, 15) is 9.18 Å². The van der Waals surface area contributed by atoms with Gasteiger partial charge in [0.05, 0.1) is 0 Å². The third kappa shape index (κ3) is 3.90. The lowest BCUT2D eigenvalue weighted by atomic mass is 9.87. The van der Waals surface area contributed by atoms with Crippen LogP contribution in [0.5, 0.6) is 0 Å². The van der Waals surface area contributed by atoms with E-state index in [0.717, 1.165) is 30.5 Å². The quantitative estimate of drug-likeness (QED) is 0.872. The summed E-state index contributed by atoms with van der Waals surface area (Å²) in [6, 6.07) is 14.7. The molecule has 0 radical (unpaired) electrons. The van der Waals surface area contributed by atoms with Gasteiger partial charge in [0.15, 0.2) is 0 Å². The van der Waals surface area contributed by atoms with Gasteiger partial charge >= 0.3 is 0 Å². The van der Waals surface area contributed by atoms with E-state index < -0.39 is 5.54 Å². The summed E-state index contributed by atoms with van der Waals surface area (Å²) >= 11 is 0. The van der Waals surface area contributed by atoms with Crippen molar-refractivity contribution in [1.82, 2.24) is 10.6 Å². The smallest absolute Gasteiger partial charge is 0.240 e. The fourth-order valence-corrected chi connectivity index (χ4v) is 3.48. The molecule has 132 valence electrons. The first-order valence-corrected chi connectivity index (χ1v) is 8.90. The minimum atomic E-state index is -0.538. The third-order valence-electron chi connectivity index (χ3n) is 4.74.